The zero-order valence-electron chi connectivity index (χ0n) is 18.3. The predicted octanol–water partition coefficient (Wildman–Crippen LogP) is 5.77. The fourth-order valence-corrected chi connectivity index (χ4v) is 5.42. The highest BCUT2D eigenvalue weighted by atomic mass is 35.5. The summed E-state index contributed by atoms with van der Waals surface area (Å²) in [5.74, 6) is 0.149. The lowest BCUT2D eigenvalue weighted by atomic mass is 9.97. The van der Waals surface area contributed by atoms with E-state index in [1.165, 1.54) is 36.2 Å². The summed E-state index contributed by atoms with van der Waals surface area (Å²) >= 11 is 7.51. The van der Waals surface area contributed by atoms with Crippen LogP contribution < -0.4 is 16.0 Å². The number of thioether (sulfide) groups is 1. The molecule has 2 aromatic carbocycles. The van der Waals surface area contributed by atoms with Crippen molar-refractivity contribution in [2.24, 2.45) is 0 Å². The zero-order chi connectivity index (χ0) is 23.2. The Morgan fingerprint density at radius 3 is 2.88 bits per heavy atom. The Bertz CT molecular complexity index is 1060. The highest BCUT2D eigenvalue weighted by Crippen LogP contribution is 2.30. The van der Waals surface area contributed by atoms with Gasteiger partial charge in [0.1, 0.15) is 11.9 Å². The van der Waals surface area contributed by atoms with E-state index in [9.17, 15) is 14.0 Å². The number of fused-ring (bicyclic) bond motifs is 1. The fraction of sp³-hybridized carbons (Fsp3) is 0.360. The van der Waals surface area contributed by atoms with E-state index >= 15 is 0 Å². The molecular formula is C25H27ClFN3O2S. The van der Waals surface area contributed by atoms with Crippen molar-refractivity contribution in [3.05, 3.63) is 70.0 Å². The van der Waals surface area contributed by atoms with Gasteiger partial charge in [0, 0.05) is 34.2 Å². The summed E-state index contributed by atoms with van der Waals surface area (Å²) in [5, 5.41) is 9.45. The molecule has 0 saturated heterocycles. The number of carbonyl (C=O) groups excluding carboxylic acids is 2. The maximum Gasteiger partial charge on any atom is 0.251 e. The number of carbonyl (C=O) groups is 2. The van der Waals surface area contributed by atoms with E-state index in [-0.39, 0.29) is 17.6 Å². The van der Waals surface area contributed by atoms with Crippen molar-refractivity contribution in [1.29, 1.82) is 0 Å². The summed E-state index contributed by atoms with van der Waals surface area (Å²) in [4.78, 5) is 25.1. The van der Waals surface area contributed by atoms with Gasteiger partial charge in [0.15, 0.2) is 0 Å². The molecule has 0 spiro atoms. The molecule has 0 fully saturated rings. The van der Waals surface area contributed by atoms with Crippen LogP contribution in [0.3, 0.4) is 0 Å². The molecule has 33 heavy (non-hydrogen) atoms. The number of benzene rings is 2. The molecule has 3 N–H and O–H groups in total. The highest BCUT2D eigenvalue weighted by molar-refractivity contribution is 7.98. The van der Waals surface area contributed by atoms with Gasteiger partial charge in [-0.25, -0.2) is 4.39 Å². The molecule has 0 aromatic heterocycles. The van der Waals surface area contributed by atoms with Crippen molar-refractivity contribution in [1.82, 2.24) is 5.32 Å². The third-order valence-corrected chi connectivity index (χ3v) is 7.31. The van der Waals surface area contributed by atoms with Crippen LogP contribution in [0.2, 0.25) is 5.02 Å². The van der Waals surface area contributed by atoms with Gasteiger partial charge in [-0.2, -0.15) is 11.8 Å². The maximum absolute atomic E-state index is 13.9. The predicted molar refractivity (Wildman–Crippen MR) is 134 cm³/mol. The molecule has 1 heterocycles. The van der Waals surface area contributed by atoms with Crippen LogP contribution in [0.4, 0.5) is 15.8 Å². The van der Waals surface area contributed by atoms with Crippen molar-refractivity contribution >= 4 is 46.6 Å². The van der Waals surface area contributed by atoms with Gasteiger partial charge in [-0.1, -0.05) is 29.3 Å². The average Bonchev–Trinajstić information content (AvgIpc) is 2.81. The standard InChI is InChI=1S/C25H27ClFN3O2S/c26-19-7-4-8-20(27)18(19)14-33-15-23-25(32)30-22-13-17(9-10-21(22)29-23)24(31)28-12-11-16-5-2-1-3-6-16/h4-5,7-10,13,23,29H,1-3,6,11-12,14-15H2,(H,28,31)(H,30,32). The Morgan fingerprint density at radius 2 is 2.09 bits per heavy atom. The molecule has 8 heteroatoms. The summed E-state index contributed by atoms with van der Waals surface area (Å²) in [6, 6.07) is 9.39. The number of rotatable bonds is 8. The number of allylic oxidation sites excluding steroid dienone is 1. The minimum absolute atomic E-state index is 0.150. The molecule has 2 amide bonds. The second-order valence-corrected chi connectivity index (χ2v) is 9.71. The quantitative estimate of drug-likeness (QED) is 0.414. The summed E-state index contributed by atoms with van der Waals surface area (Å²) in [6.45, 7) is 0.609. The first-order chi connectivity index (χ1) is 16.0. The van der Waals surface area contributed by atoms with Crippen LogP contribution in [-0.4, -0.2) is 30.2 Å². The van der Waals surface area contributed by atoms with Crippen LogP contribution in [0.5, 0.6) is 0 Å². The molecule has 1 atom stereocenters. The van der Waals surface area contributed by atoms with Gasteiger partial charge in [-0.05, 0) is 62.4 Å². The van der Waals surface area contributed by atoms with Crippen LogP contribution in [0, 0.1) is 5.82 Å². The minimum atomic E-state index is -0.462. The van der Waals surface area contributed by atoms with Gasteiger partial charge in [0.05, 0.1) is 11.4 Å². The first-order valence-corrected chi connectivity index (χ1v) is 12.7. The maximum atomic E-state index is 13.9. The third-order valence-electron chi connectivity index (χ3n) is 5.90. The average molecular weight is 488 g/mol. The van der Waals surface area contributed by atoms with E-state index in [2.05, 4.69) is 22.0 Å². The number of halogens is 2. The second-order valence-electron chi connectivity index (χ2n) is 8.28. The molecule has 4 rings (SSSR count). The van der Waals surface area contributed by atoms with Gasteiger partial charge in [-0.15, -0.1) is 0 Å². The van der Waals surface area contributed by atoms with E-state index in [4.69, 9.17) is 11.6 Å². The number of anilines is 2. The Kier molecular flexibility index (Phi) is 7.93. The molecule has 5 nitrogen and oxygen atoms in total. The first-order valence-electron chi connectivity index (χ1n) is 11.2. The van der Waals surface area contributed by atoms with Crippen LogP contribution in [0.1, 0.15) is 48.0 Å². The summed E-state index contributed by atoms with van der Waals surface area (Å²) < 4.78 is 13.9. The third kappa shape index (κ3) is 6.09. The second kappa shape index (κ2) is 11.1. The molecule has 2 aliphatic rings. The molecule has 0 radical (unpaired) electrons. The smallest absolute Gasteiger partial charge is 0.251 e. The summed E-state index contributed by atoms with van der Waals surface area (Å²) in [5.41, 5.74) is 3.71. The van der Waals surface area contributed by atoms with Crippen LogP contribution in [0.25, 0.3) is 0 Å². The van der Waals surface area contributed by atoms with Crippen LogP contribution in [-0.2, 0) is 10.5 Å². The number of nitrogens with one attached hydrogen (secondary N) is 3. The number of hydrogen-bond acceptors (Lipinski definition) is 4. The molecule has 1 aliphatic carbocycles. The van der Waals surface area contributed by atoms with E-state index in [1.807, 2.05) is 0 Å². The molecule has 1 unspecified atom stereocenters. The lowest BCUT2D eigenvalue weighted by molar-refractivity contribution is -0.116. The van der Waals surface area contributed by atoms with Crippen molar-refractivity contribution in [2.75, 3.05) is 22.9 Å². The number of amides is 2. The van der Waals surface area contributed by atoms with Crippen LogP contribution in [0.15, 0.2) is 48.0 Å². The van der Waals surface area contributed by atoms with E-state index in [0.717, 1.165) is 24.9 Å². The zero-order valence-corrected chi connectivity index (χ0v) is 19.8. The van der Waals surface area contributed by atoms with Gasteiger partial charge in [-0.3, -0.25) is 9.59 Å². The van der Waals surface area contributed by atoms with Gasteiger partial charge in [0.25, 0.3) is 5.91 Å². The lowest BCUT2D eigenvalue weighted by Gasteiger charge is -2.27. The molecule has 0 bridgehead atoms. The normalized spacial score (nSPS) is 17.5. The fourth-order valence-electron chi connectivity index (χ4n) is 4.02. The van der Waals surface area contributed by atoms with Gasteiger partial charge in [0.2, 0.25) is 5.91 Å². The Hall–Kier alpha value is -2.51. The molecule has 0 saturated carbocycles. The Morgan fingerprint density at radius 1 is 1.21 bits per heavy atom. The largest absolute Gasteiger partial charge is 0.371 e. The first kappa shape index (κ1) is 23.6. The van der Waals surface area contributed by atoms with Crippen molar-refractivity contribution in [3.8, 4) is 0 Å². The number of hydrogen-bond donors (Lipinski definition) is 3. The Balaban J connectivity index is 1.30. The molecule has 174 valence electrons. The van der Waals surface area contributed by atoms with Crippen molar-refractivity contribution < 1.29 is 14.0 Å². The SMILES string of the molecule is O=C(NCCC1=CCCCC1)c1ccc2c(c1)NC(=O)C(CSCc1c(F)cccc1Cl)N2. The van der Waals surface area contributed by atoms with Crippen molar-refractivity contribution in [3.63, 3.8) is 0 Å². The topological polar surface area (TPSA) is 70.2 Å². The summed E-state index contributed by atoms with van der Waals surface area (Å²) in [6.07, 6.45) is 7.91. The summed E-state index contributed by atoms with van der Waals surface area (Å²) in [7, 11) is 0. The molecule has 2 aromatic rings. The minimum Gasteiger partial charge on any atom is -0.371 e. The van der Waals surface area contributed by atoms with E-state index < -0.39 is 6.04 Å². The van der Waals surface area contributed by atoms with Crippen molar-refractivity contribution in [2.45, 2.75) is 43.9 Å². The van der Waals surface area contributed by atoms with E-state index in [1.54, 1.807) is 30.3 Å². The molecule has 1 aliphatic heterocycles. The van der Waals surface area contributed by atoms with Gasteiger partial charge < -0.3 is 16.0 Å². The molecular weight excluding hydrogens is 461 g/mol. The monoisotopic (exact) mass is 487 g/mol. The lowest BCUT2D eigenvalue weighted by Crippen LogP contribution is -2.40. The Labute approximate surface area is 202 Å². The van der Waals surface area contributed by atoms with Crippen LogP contribution >= 0.6 is 23.4 Å². The van der Waals surface area contributed by atoms with Gasteiger partial charge >= 0.3 is 0 Å². The van der Waals surface area contributed by atoms with E-state index in [0.29, 0.717) is 39.9 Å². The highest BCUT2D eigenvalue weighted by Gasteiger charge is 2.26.